The van der Waals surface area contributed by atoms with Gasteiger partial charge in [-0.25, -0.2) is 14.4 Å². The van der Waals surface area contributed by atoms with Crippen LogP contribution in [-0.2, 0) is 4.74 Å². The molecule has 1 aromatic carbocycles. The van der Waals surface area contributed by atoms with E-state index in [2.05, 4.69) is 20.3 Å². The Labute approximate surface area is 200 Å². The summed E-state index contributed by atoms with van der Waals surface area (Å²) in [6.45, 7) is 2.19. The van der Waals surface area contributed by atoms with E-state index in [4.69, 9.17) is 14.6 Å². The zero-order valence-electron chi connectivity index (χ0n) is 17.1. The summed E-state index contributed by atoms with van der Waals surface area (Å²) in [6.07, 6.45) is 3.89. The maximum atomic E-state index is 11.3. The molecule has 0 spiro atoms. The highest BCUT2D eigenvalue weighted by atomic mass is 32.1. The molecule has 3 aromatic heterocycles. The molecule has 0 fully saturated rings. The van der Waals surface area contributed by atoms with Crippen molar-refractivity contribution in [3.05, 3.63) is 75.2 Å². The third-order valence-electron chi connectivity index (χ3n) is 3.16. The van der Waals surface area contributed by atoms with E-state index >= 15 is 0 Å². The monoisotopic (exact) mass is 506 g/mol. The Hall–Kier alpha value is -3.68. The molecule has 0 aliphatic carbocycles. The number of benzene rings is 1. The first-order chi connectivity index (χ1) is 16.0. The van der Waals surface area contributed by atoms with E-state index in [1.54, 1.807) is 48.4 Å². The number of carboxylic acids is 1. The number of para-hydroxylation sites is 1. The number of nitrogens with one attached hydrogen (secondary N) is 1. The summed E-state index contributed by atoms with van der Waals surface area (Å²) in [5.41, 5.74) is 4.73. The number of esters is 1. The molecule has 172 valence electrons. The number of thiazole rings is 3. The van der Waals surface area contributed by atoms with Crippen molar-refractivity contribution in [2.24, 2.45) is 0 Å². The number of amides is 1. The molecule has 0 aliphatic rings. The summed E-state index contributed by atoms with van der Waals surface area (Å²) in [4.78, 5) is 44.2. The molecular weight excluding hydrogens is 488 g/mol. The summed E-state index contributed by atoms with van der Waals surface area (Å²) < 4.78 is 9.73. The molecule has 0 saturated heterocycles. The normalized spacial score (nSPS) is 9.36. The third kappa shape index (κ3) is 9.99. The van der Waals surface area contributed by atoms with Crippen molar-refractivity contribution in [2.75, 3.05) is 11.9 Å². The molecule has 13 heteroatoms. The molecule has 3 heterocycles. The van der Waals surface area contributed by atoms with Crippen molar-refractivity contribution in [1.82, 2.24) is 15.0 Å². The Morgan fingerprint density at radius 3 is 2.00 bits per heavy atom. The number of anilines is 1. The van der Waals surface area contributed by atoms with Crippen molar-refractivity contribution < 1.29 is 29.0 Å². The van der Waals surface area contributed by atoms with Crippen molar-refractivity contribution in [3.63, 3.8) is 0 Å². The Morgan fingerprint density at radius 2 is 1.52 bits per heavy atom. The van der Waals surface area contributed by atoms with Crippen LogP contribution in [0.1, 0.15) is 26.3 Å². The molecule has 10 nitrogen and oxygen atoms in total. The van der Waals surface area contributed by atoms with Crippen molar-refractivity contribution >= 4 is 57.0 Å². The number of nitrogens with zero attached hydrogens (tertiary/aromatic N) is 3. The van der Waals surface area contributed by atoms with Crippen LogP contribution in [-0.4, -0.2) is 44.7 Å². The zero-order valence-corrected chi connectivity index (χ0v) is 19.6. The minimum Gasteiger partial charge on any atom is -0.477 e. The highest BCUT2D eigenvalue weighted by Gasteiger charge is 2.06. The number of carbonyl (C=O) groups is 3. The Bertz CT molecular complexity index is 1090. The lowest BCUT2D eigenvalue weighted by Gasteiger charge is -2.03. The van der Waals surface area contributed by atoms with E-state index in [0.717, 1.165) is 11.3 Å². The van der Waals surface area contributed by atoms with Gasteiger partial charge in [0.25, 0.3) is 0 Å². The van der Waals surface area contributed by atoms with Gasteiger partial charge in [0.05, 0.1) is 41.7 Å². The number of ether oxygens (including phenoxy) is 2. The number of hydrogen-bond acceptors (Lipinski definition) is 11. The molecule has 2 N–H and O–H groups in total. The van der Waals surface area contributed by atoms with Gasteiger partial charge in [-0.15, -0.1) is 34.0 Å². The Balaban J connectivity index is 0.000000186. The van der Waals surface area contributed by atoms with Gasteiger partial charge in [-0.2, -0.15) is 0 Å². The van der Waals surface area contributed by atoms with Crippen LogP contribution in [0.15, 0.2) is 65.5 Å². The lowest BCUT2D eigenvalue weighted by atomic mass is 10.3. The average molecular weight is 507 g/mol. The second-order valence-electron chi connectivity index (χ2n) is 5.45. The van der Waals surface area contributed by atoms with Gasteiger partial charge in [-0.1, -0.05) is 18.2 Å². The number of rotatable bonds is 5. The van der Waals surface area contributed by atoms with Gasteiger partial charge >= 0.3 is 18.0 Å². The number of aromatic carboxylic acids is 1. The van der Waals surface area contributed by atoms with Gasteiger partial charge in [0.2, 0.25) is 0 Å². The van der Waals surface area contributed by atoms with Crippen LogP contribution >= 0.6 is 34.0 Å². The maximum absolute atomic E-state index is 11.3. The van der Waals surface area contributed by atoms with Gasteiger partial charge in [-0.05, 0) is 19.1 Å². The number of carboxylic acid groups (broad SMARTS) is 1. The van der Waals surface area contributed by atoms with E-state index in [1.165, 1.54) is 40.6 Å². The van der Waals surface area contributed by atoms with E-state index in [1.807, 2.05) is 6.07 Å². The summed E-state index contributed by atoms with van der Waals surface area (Å²) >= 11 is 3.74. The Kier molecular flexibility index (Phi) is 11.2. The largest absolute Gasteiger partial charge is 0.477 e. The van der Waals surface area contributed by atoms with E-state index in [-0.39, 0.29) is 10.8 Å². The van der Waals surface area contributed by atoms with Crippen molar-refractivity contribution in [2.45, 2.75) is 6.92 Å². The molecule has 0 atom stereocenters. The van der Waals surface area contributed by atoms with Crippen LogP contribution in [0.25, 0.3) is 0 Å². The highest BCUT2D eigenvalue weighted by Crippen LogP contribution is 2.14. The summed E-state index contributed by atoms with van der Waals surface area (Å²) in [7, 11) is 0. The number of hydrogen-bond donors (Lipinski definition) is 2. The second kappa shape index (κ2) is 14.4. The predicted molar refractivity (Wildman–Crippen MR) is 125 cm³/mol. The highest BCUT2D eigenvalue weighted by molar-refractivity contribution is 7.14. The molecule has 1 amide bonds. The van der Waals surface area contributed by atoms with Crippen molar-refractivity contribution in [3.8, 4) is 5.75 Å². The summed E-state index contributed by atoms with van der Waals surface area (Å²) in [5.74, 6) is -0.683. The minimum atomic E-state index is -0.910. The summed E-state index contributed by atoms with van der Waals surface area (Å²) in [5, 5.41) is 11.5. The Morgan fingerprint density at radius 1 is 0.909 bits per heavy atom. The van der Waals surface area contributed by atoms with Gasteiger partial charge in [0, 0.05) is 0 Å². The summed E-state index contributed by atoms with van der Waals surface area (Å²) in [6, 6.07) is 8.89. The fraction of sp³-hybridized carbons (Fsp3) is 0.100. The predicted octanol–water partition coefficient (Wildman–Crippen LogP) is 4.92. The number of aromatic nitrogens is 3. The molecule has 0 radical (unpaired) electrons. The molecule has 4 rings (SSSR count). The van der Waals surface area contributed by atoms with Crippen molar-refractivity contribution in [1.29, 1.82) is 0 Å². The van der Waals surface area contributed by atoms with E-state index < -0.39 is 12.1 Å². The minimum absolute atomic E-state index is 0.282. The van der Waals surface area contributed by atoms with Crippen LogP contribution in [0, 0.1) is 0 Å². The fourth-order valence-corrected chi connectivity index (χ4v) is 3.31. The first-order valence-electron chi connectivity index (χ1n) is 9.09. The van der Waals surface area contributed by atoms with Gasteiger partial charge in [-0.3, -0.25) is 20.3 Å². The molecular formula is C20H18N4O6S3. The van der Waals surface area contributed by atoms with Gasteiger partial charge < -0.3 is 14.6 Å². The standard InChI is InChI=1S/C10H8N2O2S.C6H7NO2S.C4H3NO2S/c13-10(12-9-6-11-7-15-9)14-8-4-2-1-3-5-8;1-2-9-6(8)5-3-7-4-10-5;6-4(7)3-1-5-2-8-3/h1-7H,(H,12,13);3-4H,2H2,1H3;1-2H,(H,6,7). The lowest BCUT2D eigenvalue weighted by molar-refractivity contribution is 0.0531. The van der Waals surface area contributed by atoms with E-state index in [9.17, 15) is 14.4 Å². The maximum Gasteiger partial charge on any atom is 0.417 e. The van der Waals surface area contributed by atoms with Crippen LogP contribution in [0.5, 0.6) is 5.75 Å². The van der Waals surface area contributed by atoms with Crippen LogP contribution in [0.3, 0.4) is 0 Å². The topological polar surface area (TPSA) is 141 Å². The average Bonchev–Trinajstić information content (AvgIpc) is 3.59. The molecule has 0 unspecified atom stereocenters. The second-order valence-corrected chi connectivity index (χ2v) is 8.11. The molecule has 33 heavy (non-hydrogen) atoms. The smallest absolute Gasteiger partial charge is 0.417 e. The van der Waals surface area contributed by atoms with Gasteiger partial charge in [0.1, 0.15) is 20.5 Å². The van der Waals surface area contributed by atoms with Crippen LogP contribution < -0.4 is 10.1 Å². The SMILES string of the molecule is CCOC(=O)c1cncs1.O=C(Nc1cncs1)Oc1ccccc1.O=C(O)c1cncs1. The van der Waals surface area contributed by atoms with E-state index in [0.29, 0.717) is 22.2 Å². The first kappa shape index (κ1) is 25.6. The third-order valence-corrected chi connectivity index (χ3v) is 5.37. The first-order valence-corrected chi connectivity index (χ1v) is 11.7. The molecule has 0 aliphatic heterocycles. The van der Waals surface area contributed by atoms with Gasteiger partial charge in [0.15, 0.2) is 0 Å². The van der Waals surface area contributed by atoms with Crippen LogP contribution in [0.2, 0.25) is 0 Å². The molecule has 4 aromatic rings. The lowest BCUT2D eigenvalue weighted by Crippen LogP contribution is -2.15. The molecule has 0 bridgehead atoms. The van der Waals surface area contributed by atoms with Crippen LogP contribution in [0.4, 0.5) is 9.80 Å². The quantitative estimate of drug-likeness (QED) is 0.361. The molecule has 0 saturated carbocycles. The fourth-order valence-electron chi connectivity index (χ4n) is 1.84. The number of carbonyl (C=O) groups excluding carboxylic acids is 2. The zero-order chi connectivity index (χ0) is 23.9.